The number of rotatable bonds is 8. The Morgan fingerprint density at radius 2 is 1.67 bits per heavy atom. The SMILES string of the molecule is COCCNS(=O)(=O)NCCS(N)(=O)=O. The number of primary sulfonamides is 1. The fourth-order valence-electron chi connectivity index (χ4n) is 0.647. The molecule has 0 aromatic heterocycles. The molecule has 0 saturated carbocycles. The fraction of sp³-hybridized carbons (Fsp3) is 1.00. The van der Waals surface area contributed by atoms with Gasteiger partial charge in [0, 0.05) is 20.2 Å². The minimum atomic E-state index is -3.68. The summed E-state index contributed by atoms with van der Waals surface area (Å²) in [6.07, 6.45) is 0. The van der Waals surface area contributed by atoms with Crippen molar-refractivity contribution in [3.63, 3.8) is 0 Å². The van der Waals surface area contributed by atoms with Gasteiger partial charge in [-0.1, -0.05) is 0 Å². The highest BCUT2D eigenvalue weighted by molar-refractivity contribution is 7.89. The van der Waals surface area contributed by atoms with Gasteiger partial charge in [-0.15, -0.1) is 0 Å². The van der Waals surface area contributed by atoms with Gasteiger partial charge in [-0.05, 0) is 0 Å². The molecule has 0 heterocycles. The van der Waals surface area contributed by atoms with E-state index >= 15 is 0 Å². The molecule has 0 aliphatic heterocycles. The lowest BCUT2D eigenvalue weighted by atomic mass is 10.7. The molecule has 0 unspecified atom stereocenters. The third kappa shape index (κ3) is 10.0. The summed E-state index contributed by atoms with van der Waals surface area (Å²) < 4.78 is 51.9. The molecule has 0 aromatic rings. The van der Waals surface area contributed by atoms with Crippen molar-refractivity contribution >= 4 is 20.2 Å². The van der Waals surface area contributed by atoms with Crippen LogP contribution in [0.15, 0.2) is 0 Å². The van der Waals surface area contributed by atoms with Crippen LogP contribution < -0.4 is 14.6 Å². The Kier molecular flexibility index (Phi) is 6.24. The van der Waals surface area contributed by atoms with Crippen LogP contribution in [-0.2, 0) is 25.0 Å². The first-order valence-electron chi connectivity index (χ1n) is 4.00. The van der Waals surface area contributed by atoms with Crippen molar-refractivity contribution in [3.8, 4) is 0 Å². The number of nitrogens with two attached hydrogens (primary N) is 1. The van der Waals surface area contributed by atoms with Gasteiger partial charge in [-0.3, -0.25) is 0 Å². The Morgan fingerprint density at radius 1 is 1.13 bits per heavy atom. The van der Waals surface area contributed by atoms with Gasteiger partial charge in [0.1, 0.15) is 0 Å². The smallest absolute Gasteiger partial charge is 0.277 e. The van der Waals surface area contributed by atoms with Crippen molar-refractivity contribution in [2.75, 3.05) is 32.6 Å². The zero-order valence-corrected chi connectivity index (χ0v) is 9.90. The lowest BCUT2D eigenvalue weighted by Gasteiger charge is -2.06. The van der Waals surface area contributed by atoms with E-state index in [0.29, 0.717) is 0 Å². The normalized spacial score (nSPS) is 12.9. The molecule has 0 bridgehead atoms. The molecule has 0 spiro atoms. The van der Waals surface area contributed by atoms with Crippen LogP contribution in [0.2, 0.25) is 0 Å². The Hall–Kier alpha value is -0.260. The van der Waals surface area contributed by atoms with E-state index < -0.39 is 26.0 Å². The molecule has 92 valence electrons. The van der Waals surface area contributed by atoms with Crippen LogP contribution in [-0.4, -0.2) is 49.4 Å². The maximum absolute atomic E-state index is 11.1. The molecule has 0 aliphatic carbocycles. The topological polar surface area (TPSA) is 128 Å². The summed E-state index contributed by atoms with van der Waals surface area (Å²) in [4.78, 5) is 0. The molecule has 10 heteroatoms. The monoisotopic (exact) mass is 261 g/mol. The van der Waals surface area contributed by atoms with Crippen LogP contribution in [0, 0.1) is 0 Å². The van der Waals surface area contributed by atoms with E-state index in [1.807, 2.05) is 4.72 Å². The lowest BCUT2D eigenvalue weighted by Crippen LogP contribution is -2.40. The van der Waals surface area contributed by atoms with Crippen molar-refractivity contribution in [3.05, 3.63) is 0 Å². The summed E-state index contributed by atoms with van der Waals surface area (Å²) in [5.74, 6) is -0.446. The van der Waals surface area contributed by atoms with Crippen molar-refractivity contribution in [2.24, 2.45) is 5.14 Å². The van der Waals surface area contributed by atoms with Crippen LogP contribution in [0.1, 0.15) is 0 Å². The molecule has 15 heavy (non-hydrogen) atoms. The minimum Gasteiger partial charge on any atom is -0.383 e. The molecule has 0 aromatic carbocycles. The first-order chi connectivity index (χ1) is 6.77. The van der Waals surface area contributed by atoms with Gasteiger partial charge in [0.05, 0.1) is 12.4 Å². The average molecular weight is 261 g/mol. The van der Waals surface area contributed by atoms with Gasteiger partial charge in [-0.2, -0.15) is 13.1 Å². The summed E-state index contributed by atoms with van der Waals surface area (Å²) in [6.45, 7) is 0.0818. The van der Waals surface area contributed by atoms with Gasteiger partial charge in [0.15, 0.2) is 0 Å². The molecule has 0 aliphatic rings. The molecule has 4 N–H and O–H groups in total. The first kappa shape index (κ1) is 14.7. The van der Waals surface area contributed by atoms with Crippen LogP contribution in [0.4, 0.5) is 0 Å². The Balaban J connectivity index is 3.85. The third-order valence-electron chi connectivity index (χ3n) is 1.28. The number of nitrogens with one attached hydrogen (secondary N) is 2. The van der Waals surface area contributed by atoms with Gasteiger partial charge in [0.2, 0.25) is 10.0 Å². The van der Waals surface area contributed by atoms with E-state index in [1.54, 1.807) is 0 Å². The van der Waals surface area contributed by atoms with Gasteiger partial charge in [0.25, 0.3) is 10.2 Å². The highest BCUT2D eigenvalue weighted by Gasteiger charge is 2.09. The van der Waals surface area contributed by atoms with Crippen molar-refractivity contribution < 1.29 is 21.6 Å². The number of methoxy groups -OCH3 is 1. The predicted octanol–water partition coefficient (Wildman–Crippen LogP) is -2.65. The number of sulfonamides is 1. The molecule has 0 amide bonds. The molecule has 0 saturated heterocycles. The summed E-state index contributed by atoms with van der Waals surface area (Å²) in [5.41, 5.74) is 0. The van der Waals surface area contributed by atoms with E-state index in [-0.39, 0.29) is 19.7 Å². The van der Waals surface area contributed by atoms with Crippen molar-refractivity contribution in [1.29, 1.82) is 0 Å². The van der Waals surface area contributed by atoms with Crippen molar-refractivity contribution in [1.82, 2.24) is 9.44 Å². The Morgan fingerprint density at radius 3 is 2.13 bits per heavy atom. The Labute approximate surface area is 89.4 Å². The molecule has 8 nitrogen and oxygen atoms in total. The van der Waals surface area contributed by atoms with E-state index in [4.69, 9.17) is 0 Å². The molecular weight excluding hydrogens is 246 g/mol. The third-order valence-corrected chi connectivity index (χ3v) is 3.22. The lowest BCUT2D eigenvalue weighted by molar-refractivity contribution is 0.204. The fourth-order valence-corrected chi connectivity index (χ4v) is 1.99. The standard InChI is InChI=1S/C5H15N3O5S2/c1-13-4-2-7-15(11,12)8-3-5-14(6,9)10/h7-8H,2-5H2,1H3,(H2,6,9,10). The highest BCUT2D eigenvalue weighted by Crippen LogP contribution is 1.79. The summed E-state index contributed by atoms with van der Waals surface area (Å²) in [7, 11) is -5.89. The number of hydrogen-bond acceptors (Lipinski definition) is 5. The maximum Gasteiger partial charge on any atom is 0.277 e. The molecule has 0 fully saturated rings. The van der Waals surface area contributed by atoms with E-state index in [9.17, 15) is 16.8 Å². The van der Waals surface area contributed by atoms with Crippen LogP contribution in [0.5, 0.6) is 0 Å². The largest absolute Gasteiger partial charge is 0.383 e. The summed E-state index contributed by atoms with van der Waals surface area (Å²) in [6, 6.07) is 0. The molecule has 0 radical (unpaired) electrons. The Bertz CT molecular complexity index is 362. The minimum absolute atomic E-state index is 0.112. The molecule has 0 rings (SSSR count). The second kappa shape index (κ2) is 6.35. The number of ether oxygens (including phenoxy) is 1. The zero-order valence-electron chi connectivity index (χ0n) is 8.26. The maximum atomic E-state index is 11.1. The second-order valence-electron chi connectivity index (χ2n) is 2.65. The van der Waals surface area contributed by atoms with Crippen molar-refractivity contribution in [2.45, 2.75) is 0 Å². The van der Waals surface area contributed by atoms with E-state index in [1.165, 1.54) is 7.11 Å². The van der Waals surface area contributed by atoms with Crippen LogP contribution in [0.25, 0.3) is 0 Å². The van der Waals surface area contributed by atoms with E-state index in [0.717, 1.165) is 0 Å². The summed E-state index contributed by atoms with van der Waals surface area (Å²) in [5, 5.41) is 4.68. The van der Waals surface area contributed by atoms with Crippen LogP contribution >= 0.6 is 0 Å². The van der Waals surface area contributed by atoms with Gasteiger partial charge in [-0.25, -0.2) is 18.3 Å². The number of hydrogen-bond donors (Lipinski definition) is 3. The second-order valence-corrected chi connectivity index (χ2v) is 5.97. The van der Waals surface area contributed by atoms with Crippen LogP contribution in [0.3, 0.4) is 0 Å². The average Bonchev–Trinajstić information content (AvgIpc) is 2.01. The quantitative estimate of drug-likeness (QED) is 0.411. The highest BCUT2D eigenvalue weighted by atomic mass is 32.2. The molecule has 0 atom stereocenters. The van der Waals surface area contributed by atoms with Gasteiger partial charge < -0.3 is 4.74 Å². The van der Waals surface area contributed by atoms with Gasteiger partial charge >= 0.3 is 0 Å². The first-order valence-corrected chi connectivity index (χ1v) is 7.20. The predicted molar refractivity (Wildman–Crippen MR) is 54.8 cm³/mol. The zero-order chi connectivity index (χ0) is 11.9. The van der Waals surface area contributed by atoms with E-state index in [2.05, 4.69) is 14.6 Å². The summed E-state index contributed by atoms with van der Waals surface area (Å²) >= 11 is 0. The molecular formula is C5H15N3O5S2.